The summed E-state index contributed by atoms with van der Waals surface area (Å²) in [7, 11) is 1.82. The van der Waals surface area contributed by atoms with Crippen LogP contribution in [0.2, 0.25) is 0 Å². The molecule has 2 saturated carbocycles. The van der Waals surface area contributed by atoms with Crippen LogP contribution in [0.4, 0.5) is 0 Å². The summed E-state index contributed by atoms with van der Waals surface area (Å²) in [6.07, 6.45) is 9.38. The summed E-state index contributed by atoms with van der Waals surface area (Å²) < 4.78 is 5.38. The summed E-state index contributed by atoms with van der Waals surface area (Å²) in [5.41, 5.74) is 6.31. The van der Waals surface area contributed by atoms with Crippen LogP contribution in [-0.2, 0) is 4.74 Å². The minimum atomic E-state index is 0.436. The van der Waals surface area contributed by atoms with Gasteiger partial charge in [0.1, 0.15) is 0 Å². The van der Waals surface area contributed by atoms with Crippen LogP contribution in [0.25, 0.3) is 0 Å². The Morgan fingerprint density at radius 2 is 2.00 bits per heavy atom. The standard InChI is InChI=1S/C14H28N2O/c1-17-11-14(7-4-8-14)10-16-13-6-3-2-5-12(13)9-15/h12-13,16H,2-11,15H2,1H3. The Morgan fingerprint density at radius 3 is 2.59 bits per heavy atom. The van der Waals surface area contributed by atoms with E-state index in [-0.39, 0.29) is 0 Å². The van der Waals surface area contributed by atoms with E-state index < -0.39 is 0 Å². The van der Waals surface area contributed by atoms with Crippen LogP contribution >= 0.6 is 0 Å². The first kappa shape index (κ1) is 13.3. The molecule has 2 atom stereocenters. The highest BCUT2D eigenvalue weighted by molar-refractivity contribution is 4.92. The lowest BCUT2D eigenvalue weighted by Gasteiger charge is -2.43. The number of nitrogens with one attached hydrogen (secondary N) is 1. The molecule has 2 aliphatic rings. The third-order valence-electron chi connectivity index (χ3n) is 4.82. The zero-order chi connectivity index (χ0) is 12.1. The smallest absolute Gasteiger partial charge is 0.0530 e. The average Bonchev–Trinajstić information content (AvgIpc) is 2.33. The van der Waals surface area contributed by atoms with E-state index >= 15 is 0 Å². The summed E-state index contributed by atoms with van der Waals surface area (Å²) in [4.78, 5) is 0. The summed E-state index contributed by atoms with van der Waals surface area (Å²) in [6.45, 7) is 2.89. The van der Waals surface area contributed by atoms with Crippen molar-refractivity contribution in [2.75, 3.05) is 26.8 Å². The lowest BCUT2D eigenvalue weighted by Crippen LogP contribution is -2.50. The Morgan fingerprint density at radius 1 is 1.24 bits per heavy atom. The van der Waals surface area contributed by atoms with E-state index in [1.807, 2.05) is 7.11 Å². The van der Waals surface area contributed by atoms with Crippen molar-refractivity contribution in [1.82, 2.24) is 5.32 Å². The molecule has 0 bridgehead atoms. The van der Waals surface area contributed by atoms with Crippen molar-refractivity contribution in [1.29, 1.82) is 0 Å². The van der Waals surface area contributed by atoms with E-state index in [0.29, 0.717) is 17.4 Å². The molecule has 17 heavy (non-hydrogen) atoms. The molecule has 0 aromatic carbocycles. The summed E-state index contributed by atoms with van der Waals surface area (Å²) in [6, 6.07) is 0.656. The fourth-order valence-electron chi connectivity index (χ4n) is 3.46. The van der Waals surface area contributed by atoms with Gasteiger partial charge in [-0.1, -0.05) is 19.3 Å². The fraction of sp³-hybridized carbons (Fsp3) is 1.00. The van der Waals surface area contributed by atoms with Gasteiger partial charge in [0.2, 0.25) is 0 Å². The Balaban J connectivity index is 1.79. The van der Waals surface area contributed by atoms with Crippen molar-refractivity contribution >= 4 is 0 Å². The van der Waals surface area contributed by atoms with Crippen molar-refractivity contribution in [3.05, 3.63) is 0 Å². The molecule has 3 N–H and O–H groups in total. The average molecular weight is 240 g/mol. The second-order valence-corrected chi connectivity index (χ2v) is 6.05. The van der Waals surface area contributed by atoms with Crippen LogP contribution in [0.5, 0.6) is 0 Å². The zero-order valence-corrected chi connectivity index (χ0v) is 11.2. The SMILES string of the molecule is COCC1(CNC2CCCCC2CN)CCC1. The molecule has 3 heteroatoms. The van der Waals surface area contributed by atoms with Gasteiger partial charge in [0, 0.05) is 25.1 Å². The molecule has 0 aliphatic heterocycles. The maximum atomic E-state index is 5.87. The van der Waals surface area contributed by atoms with Gasteiger partial charge in [-0.3, -0.25) is 0 Å². The van der Waals surface area contributed by atoms with E-state index in [4.69, 9.17) is 10.5 Å². The lowest BCUT2D eigenvalue weighted by molar-refractivity contribution is 0.0131. The van der Waals surface area contributed by atoms with Gasteiger partial charge in [0.15, 0.2) is 0 Å². The quantitative estimate of drug-likeness (QED) is 0.745. The molecule has 0 saturated heterocycles. The van der Waals surface area contributed by atoms with Gasteiger partial charge in [-0.25, -0.2) is 0 Å². The van der Waals surface area contributed by atoms with Gasteiger partial charge >= 0.3 is 0 Å². The van der Waals surface area contributed by atoms with Gasteiger partial charge in [-0.15, -0.1) is 0 Å². The van der Waals surface area contributed by atoms with E-state index in [2.05, 4.69) is 5.32 Å². The Bertz CT molecular complexity index is 228. The fourth-order valence-corrected chi connectivity index (χ4v) is 3.46. The first-order valence-electron chi connectivity index (χ1n) is 7.22. The predicted octanol–water partition coefficient (Wildman–Crippen LogP) is 1.91. The summed E-state index contributed by atoms with van der Waals surface area (Å²) in [5, 5.41) is 3.79. The number of hydrogen-bond donors (Lipinski definition) is 2. The van der Waals surface area contributed by atoms with Gasteiger partial charge in [-0.05, 0) is 38.1 Å². The molecule has 2 rings (SSSR count). The van der Waals surface area contributed by atoms with Crippen LogP contribution in [0, 0.1) is 11.3 Å². The second-order valence-electron chi connectivity index (χ2n) is 6.05. The van der Waals surface area contributed by atoms with Crippen molar-refractivity contribution in [2.24, 2.45) is 17.1 Å². The maximum Gasteiger partial charge on any atom is 0.0530 e. The minimum absolute atomic E-state index is 0.436. The van der Waals surface area contributed by atoms with E-state index in [1.54, 1.807) is 0 Å². The third-order valence-corrected chi connectivity index (χ3v) is 4.82. The van der Waals surface area contributed by atoms with Gasteiger partial charge in [-0.2, -0.15) is 0 Å². The first-order chi connectivity index (χ1) is 8.29. The number of methoxy groups -OCH3 is 1. The number of rotatable bonds is 6. The Labute approximate surface area is 105 Å². The summed E-state index contributed by atoms with van der Waals surface area (Å²) >= 11 is 0. The highest BCUT2D eigenvalue weighted by Gasteiger charge is 2.37. The van der Waals surface area contributed by atoms with Gasteiger partial charge < -0.3 is 15.8 Å². The lowest BCUT2D eigenvalue weighted by atomic mass is 9.69. The van der Waals surface area contributed by atoms with Crippen molar-refractivity contribution in [3.63, 3.8) is 0 Å². The van der Waals surface area contributed by atoms with Crippen molar-refractivity contribution in [3.8, 4) is 0 Å². The van der Waals surface area contributed by atoms with E-state index in [9.17, 15) is 0 Å². The minimum Gasteiger partial charge on any atom is -0.384 e. The Hall–Kier alpha value is -0.120. The van der Waals surface area contributed by atoms with Crippen molar-refractivity contribution in [2.45, 2.75) is 51.0 Å². The molecule has 2 unspecified atom stereocenters. The molecule has 0 aromatic heterocycles. The van der Waals surface area contributed by atoms with Crippen LogP contribution in [-0.4, -0.2) is 32.8 Å². The molecule has 0 radical (unpaired) electrons. The maximum absolute atomic E-state index is 5.87. The predicted molar refractivity (Wildman–Crippen MR) is 71.0 cm³/mol. The van der Waals surface area contributed by atoms with Crippen LogP contribution in [0.3, 0.4) is 0 Å². The first-order valence-corrected chi connectivity index (χ1v) is 7.22. The van der Waals surface area contributed by atoms with E-state index in [1.165, 1.54) is 44.9 Å². The molecular formula is C14H28N2O. The Kier molecular flexibility index (Phi) is 4.83. The number of hydrogen-bond acceptors (Lipinski definition) is 3. The highest BCUT2D eigenvalue weighted by Crippen LogP contribution is 2.40. The number of nitrogens with two attached hydrogens (primary N) is 1. The molecule has 3 nitrogen and oxygen atoms in total. The molecule has 100 valence electrons. The molecular weight excluding hydrogens is 212 g/mol. The molecule has 0 aromatic rings. The third kappa shape index (κ3) is 3.21. The molecule has 2 fully saturated rings. The number of ether oxygens (including phenoxy) is 1. The van der Waals surface area contributed by atoms with Crippen LogP contribution in [0.15, 0.2) is 0 Å². The largest absolute Gasteiger partial charge is 0.384 e. The molecule has 0 amide bonds. The monoisotopic (exact) mass is 240 g/mol. The van der Waals surface area contributed by atoms with E-state index in [0.717, 1.165) is 19.7 Å². The summed E-state index contributed by atoms with van der Waals surface area (Å²) in [5.74, 6) is 0.698. The highest BCUT2D eigenvalue weighted by atomic mass is 16.5. The molecule has 2 aliphatic carbocycles. The molecule has 0 heterocycles. The van der Waals surface area contributed by atoms with Crippen LogP contribution in [0.1, 0.15) is 44.9 Å². The van der Waals surface area contributed by atoms with Crippen molar-refractivity contribution < 1.29 is 4.74 Å². The molecule has 0 spiro atoms. The van der Waals surface area contributed by atoms with Crippen LogP contribution < -0.4 is 11.1 Å². The zero-order valence-electron chi connectivity index (χ0n) is 11.2. The van der Waals surface area contributed by atoms with Gasteiger partial charge in [0.25, 0.3) is 0 Å². The topological polar surface area (TPSA) is 47.3 Å². The van der Waals surface area contributed by atoms with Gasteiger partial charge in [0.05, 0.1) is 6.61 Å². The second kappa shape index (κ2) is 6.17. The normalized spacial score (nSPS) is 32.1.